The van der Waals surface area contributed by atoms with E-state index in [0.29, 0.717) is 30.2 Å². The molecule has 0 aliphatic carbocycles. The number of carbonyl (C=O) groups is 1. The van der Waals surface area contributed by atoms with Crippen LogP contribution in [0.3, 0.4) is 0 Å². The van der Waals surface area contributed by atoms with Crippen LogP contribution in [0, 0.1) is 0 Å². The van der Waals surface area contributed by atoms with Crippen LogP contribution in [0.4, 0.5) is 14.6 Å². The molecule has 0 aromatic carbocycles. The highest BCUT2D eigenvalue weighted by atomic mass is 19.3. The topological polar surface area (TPSA) is 125 Å². The minimum atomic E-state index is -2.98. The molecule has 1 aliphatic rings. The Balaban J connectivity index is 1.49. The lowest BCUT2D eigenvalue weighted by Gasteiger charge is -2.09. The molecular formula is C17H14F2N6O3. The van der Waals surface area contributed by atoms with E-state index in [2.05, 4.69) is 30.2 Å². The van der Waals surface area contributed by atoms with Crippen LogP contribution in [0.2, 0.25) is 0 Å². The van der Waals surface area contributed by atoms with Crippen molar-refractivity contribution in [3.63, 3.8) is 0 Å². The van der Waals surface area contributed by atoms with E-state index in [1.54, 1.807) is 6.07 Å². The van der Waals surface area contributed by atoms with Crippen molar-refractivity contribution in [2.24, 2.45) is 0 Å². The lowest BCUT2D eigenvalue weighted by Crippen LogP contribution is -2.24. The van der Waals surface area contributed by atoms with Crippen molar-refractivity contribution in [2.75, 3.05) is 5.73 Å². The maximum Gasteiger partial charge on any atom is 0.388 e. The molecule has 1 aliphatic heterocycles. The molecule has 0 saturated heterocycles. The Morgan fingerprint density at radius 3 is 2.86 bits per heavy atom. The van der Waals surface area contributed by atoms with Crippen LogP contribution < -0.4 is 15.8 Å². The molecule has 28 heavy (non-hydrogen) atoms. The highest BCUT2D eigenvalue weighted by Gasteiger charge is 2.20. The molecule has 0 radical (unpaired) electrons. The van der Waals surface area contributed by atoms with Crippen molar-refractivity contribution in [2.45, 2.75) is 26.4 Å². The number of nitrogen functional groups attached to an aromatic ring is 1. The summed E-state index contributed by atoms with van der Waals surface area (Å²) >= 11 is 0. The van der Waals surface area contributed by atoms with Gasteiger partial charge in [-0.15, -0.1) is 5.10 Å². The molecule has 144 valence electrons. The number of fused-ring (bicyclic) bond motifs is 3. The normalized spacial score (nSPS) is 13.0. The number of nitrogens with one attached hydrogen (secondary N) is 1. The van der Waals surface area contributed by atoms with Crippen molar-refractivity contribution >= 4 is 22.6 Å². The van der Waals surface area contributed by atoms with Crippen LogP contribution in [-0.4, -0.2) is 32.7 Å². The smallest absolute Gasteiger partial charge is 0.388 e. The molecule has 0 spiro atoms. The summed E-state index contributed by atoms with van der Waals surface area (Å²) in [6.45, 7) is -2.15. The van der Waals surface area contributed by atoms with E-state index in [9.17, 15) is 13.6 Å². The molecular weight excluding hydrogens is 374 g/mol. The van der Waals surface area contributed by atoms with E-state index in [-0.39, 0.29) is 18.1 Å². The van der Waals surface area contributed by atoms with Crippen molar-refractivity contribution in [3.8, 4) is 5.88 Å². The highest BCUT2D eigenvalue weighted by Crippen LogP contribution is 2.30. The van der Waals surface area contributed by atoms with Gasteiger partial charge in [0.25, 0.3) is 5.91 Å². The Hall–Kier alpha value is -3.47. The fourth-order valence-electron chi connectivity index (χ4n) is 2.86. The fraction of sp³-hybridized carbons (Fsp3) is 0.235. The summed E-state index contributed by atoms with van der Waals surface area (Å²) in [5.41, 5.74) is 8.80. The zero-order chi connectivity index (χ0) is 19.7. The monoisotopic (exact) mass is 388 g/mol. The van der Waals surface area contributed by atoms with Gasteiger partial charge in [-0.3, -0.25) is 4.79 Å². The first-order valence-electron chi connectivity index (χ1n) is 8.21. The molecule has 0 fully saturated rings. The third-order valence-electron chi connectivity index (χ3n) is 4.18. The number of hydrogen-bond donors (Lipinski definition) is 2. The molecule has 1 amide bonds. The van der Waals surface area contributed by atoms with Crippen molar-refractivity contribution in [3.05, 3.63) is 46.9 Å². The molecule has 4 heterocycles. The second-order valence-electron chi connectivity index (χ2n) is 5.96. The zero-order valence-electron chi connectivity index (χ0n) is 14.4. The molecule has 0 unspecified atom stereocenters. The second kappa shape index (κ2) is 7.27. The molecule has 3 aromatic heterocycles. The number of nitrogens with two attached hydrogens (primary N) is 1. The third-order valence-corrected chi connectivity index (χ3v) is 4.18. The average molecular weight is 388 g/mol. The number of amides is 1. The van der Waals surface area contributed by atoms with E-state index in [0.717, 1.165) is 16.5 Å². The summed E-state index contributed by atoms with van der Waals surface area (Å²) in [4.78, 5) is 20.8. The summed E-state index contributed by atoms with van der Waals surface area (Å²) in [5.74, 6) is -0.331. The number of rotatable bonds is 5. The maximum absolute atomic E-state index is 12.4. The van der Waals surface area contributed by atoms with Crippen LogP contribution in [0.1, 0.15) is 27.3 Å². The fourth-order valence-corrected chi connectivity index (χ4v) is 2.86. The van der Waals surface area contributed by atoms with Gasteiger partial charge in [-0.2, -0.15) is 13.9 Å². The predicted octanol–water partition coefficient (Wildman–Crippen LogP) is 1.56. The molecule has 11 heteroatoms. The van der Waals surface area contributed by atoms with E-state index in [1.165, 1.54) is 18.3 Å². The maximum atomic E-state index is 12.4. The minimum Gasteiger partial charge on any atom is -0.415 e. The van der Waals surface area contributed by atoms with Gasteiger partial charge in [0.2, 0.25) is 5.88 Å². The number of alkyl halides is 2. The Kier molecular flexibility index (Phi) is 4.65. The lowest BCUT2D eigenvalue weighted by atomic mass is 10.1. The van der Waals surface area contributed by atoms with Gasteiger partial charge in [0, 0.05) is 17.0 Å². The van der Waals surface area contributed by atoms with E-state index in [4.69, 9.17) is 10.5 Å². The Bertz CT molecular complexity index is 1050. The zero-order valence-corrected chi connectivity index (χ0v) is 14.4. The van der Waals surface area contributed by atoms with Gasteiger partial charge in [-0.25, -0.2) is 9.97 Å². The number of nitrogens with zero attached hydrogens (tertiary/aromatic N) is 4. The Labute approximate surface area is 156 Å². The lowest BCUT2D eigenvalue weighted by molar-refractivity contribution is -0.0534. The highest BCUT2D eigenvalue weighted by molar-refractivity contribution is 5.97. The first-order chi connectivity index (χ1) is 13.5. The van der Waals surface area contributed by atoms with Gasteiger partial charge < -0.3 is 20.5 Å². The molecule has 9 nitrogen and oxygen atoms in total. The van der Waals surface area contributed by atoms with Crippen LogP contribution in [0.25, 0.3) is 10.9 Å². The number of anilines is 1. The second-order valence-corrected chi connectivity index (χ2v) is 5.96. The summed E-state index contributed by atoms with van der Waals surface area (Å²) in [6, 6.07) is 4.31. The SMILES string of the molecule is Nc1nc2cnc(C(=O)NCc3ccc(OC(F)F)nn3)cc2c2c1COC2. The van der Waals surface area contributed by atoms with Gasteiger partial charge in [-0.05, 0) is 17.7 Å². The summed E-state index contributed by atoms with van der Waals surface area (Å²) in [7, 11) is 0. The van der Waals surface area contributed by atoms with Crippen LogP contribution in [0.15, 0.2) is 24.4 Å². The van der Waals surface area contributed by atoms with Gasteiger partial charge in [0.1, 0.15) is 11.5 Å². The molecule has 0 atom stereocenters. The van der Waals surface area contributed by atoms with Crippen LogP contribution >= 0.6 is 0 Å². The van der Waals surface area contributed by atoms with E-state index >= 15 is 0 Å². The van der Waals surface area contributed by atoms with Gasteiger partial charge in [-0.1, -0.05) is 0 Å². The Morgan fingerprint density at radius 2 is 2.11 bits per heavy atom. The summed E-state index contributed by atoms with van der Waals surface area (Å²) in [6.07, 6.45) is 1.48. The largest absolute Gasteiger partial charge is 0.415 e. The number of hydrogen-bond acceptors (Lipinski definition) is 8. The molecule has 3 N–H and O–H groups in total. The van der Waals surface area contributed by atoms with Gasteiger partial charge >= 0.3 is 6.61 Å². The van der Waals surface area contributed by atoms with E-state index < -0.39 is 12.5 Å². The molecule has 3 aromatic rings. The first-order valence-corrected chi connectivity index (χ1v) is 8.21. The van der Waals surface area contributed by atoms with Crippen LogP contribution in [-0.2, 0) is 24.5 Å². The Morgan fingerprint density at radius 1 is 1.29 bits per heavy atom. The number of ether oxygens (including phenoxy) is 2. The van der Waals surface area contributed by atoms with E-state index in [1.807, 2.05) is 0 Å². The minimum absolute atomic E-state index is 0.0434. The van der Waals surface area contributed by atoms with Gasteiger partial charge in [0.15, 0.2) is 0 Å². The van der Waals surface area contributed by atoms with Crippen LogP contribution in [0.5, 0.6) is 5.88 Å². The number of halogens is 2. The molecule has 0 saturated carbocycles. The summed E-state index contributed by atoms with van der Waals surface area (Å²) < 4.78 is 33.8. The molecule has 0 bridgehead atoms. The number of pyridine rings is 2. The quantitative estimate of drug-likeness (QED) is 0.675. The van der Waals surface area contributed by atoms with Crippen molar-refractivity contribution in [1.29, 1.82) is 0 Å². The predicted molar refractivity (Wildman–Crippen MR) is 92.3 cm³/mol. The van der Waals surface area contributed by atoms with Gasteiger partial charge in [0.05, 0.1) is 37.2 Å². The third kappa shape index (κ3) is 3.51. The summed E-state index contributed by atoms with van der Waals surface area (Å²) in [5, 5.41) is 10.6. The number of carbonyl (C=O) groups excluding carboxylic acids is 1. The molecule has 4 rings (SSSR count). The van der Waals surface area contributed by atoms with Crippen molar-refractivity contribution in [1.82, 2.24) is 25.5 Å². The standard InChI is InChI=1S/C17H14F2N6O3/c18-17(19)28-14-2-1-8(24-25-14)4-22-16(26)12-3-9-10-6-27-7-11(10)15(20)23-13(9)5-21-12/h1-3,5,17H,4,6-7H2,(H2,20,23)(H,22,26). The average Bonchev–Trinajstić information content (AvgIpc) is 3.17. The first kappa shape index (κ1) is 17.9. The van der Waals surface area contributed by atoms with Crippen molar-refractivity contribution < 1.29 is 23.0 Å². The number of aromatic nitrogens is 4.